The molecule has 0 bridgehead atoms. The van der Waals surface area contributed by atoms with E-state index >= 15 is 0 Å². The SMILES string of the molecule is CCN(CC(=O)Nc1cccc(Cl)c1N1CCOCC1)C1CC1. The first-order valence-electron chi connectivity index (χ1n) is 8.34. The van der Waals surface area contributed by atoms with E-state index in [4.69, 9.17) is 16.3 Å². The molecule has 6 heteroatoms. The molecule has 5 nitrogen and oxygen atoms in total. The summed E-state index contributed by atoms with van der Waals surface area (Å²) < 4.78 is 5.40. The second kappa shape index (κ2) is 7.51. The highest BCUT2D eigenvalue weighted by atomic mass is 35.5. The lowest BCUT2D eigenvalue weighted by Crippen LogP contribution is -2.38. The van der Waals surface area contributed by atoms with E-state index in [2.05, 4.69) is 22.0 Å². The zero-order chi connectivity index (χ0) is 16.2. The van der Waals surface area contributed by atoms with Gasteiger partial charge >= 0.3 is 0 Å². The van der Waals surface area contributed by atoms with Gasteiger partial charge in [0.05, 0.1) is 36.2 Å². The molecule has 0 radical (unpaired) electrons. The van der Waals surface area contributed by atoms with Crippen molar-refractivity contribution in [3.63, 3.8) is 0 Å². The smallest absolute Gasteiger partial charge is 0.238 e. The fourth-order valence-corrected chi connectivity index (χ4v) is 3.33. The summed E-state index contributed by atoms with van der Waals surface area (Å²) in [5, 5.41) is 3.71. The number of benzene rings is 1. The van der Waals surface area contributed by atoms with Crippen molar-refractivity contribution in [3.05, 3.63) is 23.2 Å². The molecule has 126 valence electrons. The highest BCUT2D eigenvalue weighted by molar-refractivity contribution is 6.34. The number of halogens is 1. The molecule has 1 aliphatic heterocycles. The van der Waals surface area contributed by atoms with Gasteiger partial charge in [0.25, 0.3) is 0 Å². The number of morpholine rings is 1. The van der Waals surface area contributed by atoms with Crippen molar-refractivity contribution in [1.82, 2.24) is 4.90 Å². The quantitative estimate of drug-likeness (QED) is 0.866. The molecule has 1 aliphatic carbocycles. The molecular weight excluding hydrogens is 314 g/mol. The highest BCUT2D eigenvalue weighted by Gasteiger charge is 2.29. The number of hydrogen-bond acceptors (Lipinski definition) is 4. The summed E-state index contributed by atoms with van der Waals surface area (Å²) >= 11 is 6.40. The van der Waals surface area contributed by atoms with Gasteiger partial charge in [0.15, 0.2) is 0 Å². The monoisotopic (exact) mass is 337 g/mol. The minimum absolute atomic E-state index is 0.0236. The van der Waals surface area contributed by atoms with Crippen LogP contribution >= 0.6 is 11.6 Å². The van der Waals surface area contributed by atoms with Gasteiger partial charge in [-0.1, -0.05) is 24.6 Å². The van der Waals surface area contributed by atoms with E-state index in [0.717, 1.165) is 31.0 Å². The van der Waals surface area contributed by atoms with Gasteiger partial charge in [0.1, 0.15) is 0 Å². The third-order valence-electron chi connectivity index (χ3n) is 4.40. The summed E-state index contributed by atoms with van der Waals surface area (Å²) in [6, 6.07) is 6.25. The molecule has 0 unspecified atom stereocenters. The molecule has 3 rings (SSSR count). The number of carbonyl (C=O) groups is 1. The lowest BCUT2D eigenvalue weighted by Gasteiger charge is -2.31. The summed E-state index contributed by atoms with van der Waals surface area (Å²) in [5.74, 6) is 0.0236. The van der Waals surface area contributed by atoms with Crippen molar-refractivity contribution < 1.29 is 9.53 Å². The second-order valence-electron chi connectivity index (χ2n) is 6.08. The highest BCUT2D eigenvalue weighted by Crippen LogP contribution is 2.34. The molecule has 23 heavy (non-hydrogen) atoms. The maximum absolute atomic E-state index is 12.4. The van der Waals surface area contributed by atoms with Gasteiger partial charge in [-0.3, -0.25) is 9.69 Å². The molecule has 0 atom stereocenters. The van der Waals surface area contributed by atoms with Crippen LogP contribution in [0.2, 0.25) is 5.02 Å². The Morgan fingerprint density at radius 1 is 1.39 bits per heavy atom. The van der Waals surface area contributed by atoms with Crippen molar-refractivity contribution in [2.45, 2.75) is 25.8 Å². The van der Waals surface area contributed by atoms with Crippen LogP contribution in [0.15, 0.2) is 18.2 Å². The normalized spacial score (nSPS) is 18.3. The largest absolute Gasteiger partial charge is 0.378 e. The lowest BCUT2D eigenvalue weighted by atomic mass is 10.2. The topological polar surface area (TPSA) is 44.8 Å². The summed E-state index contributed by atoms with van der Waals surface area (Å²) in [4.78, 5) is 16.8. The van der Waals surface area contributed by atoms with Crippen LogP contribution in [0.4, 0.5) is 11.4 Å². The summed E-state index contributed by atoms with van der Waals surface area (Å²) in [7, 11) is 0. The van der Waals surface area contributed by atoms with Crippen molar-refractivity contribution >= 4 is 28.9 Å². The van der Waals surface area contributed by atoms with Gasteiger partial charge in [-0.05, 0) is 31.5 Å². The van der Waals surface area contributed by atoms with E-state index in [1.165, 1.54) is 12.8 Å². The first-order chi connectivity index (χ1) is 11.2. The van der Waals surface area contributed by atoms with Crippen LogP contribution < -0.4 is 10.2 Å². The van der Waals surface area contributed by atoms with Crippen molar-refractivity contribution in [2.24, 2.45) is 0 Å². The van der Waals surface area contributed by atoms with Gasteiger partial charge in [-0.15, -0.1) is 0 Å². The lowest BCUT2D eigenvalue weighted by molar-refractivity contribution is -0.117. The van der Waals surface area contributed by atoms with E-state index in [9.17, 15) is 4.79 Å². The Morgan fingerprint density at radius 3 is 2.78 bits per heavy atom. The Kier molecular flexibility index (Phi) is 5.41. The minimum atomic E-state index is 0.0236. The molecule has 2 aliphatic rings. The van der Waals surface area contributed by atoms with E-state index in [1.54, 1.807) is 0 Å². The van der Waals surface area contributed by atoms with E-state index in [0.29, 0.717) is 30.8 Å². The number of nitrogens with zero attached hydrogens (tertiary/aromatic N) is 2. The molecule has 1 amide bonds. The number of amides is 1. The molecule has 1 aromatic carbocycles. The Hall–Kier alpha value is -1.30. The Bertz CT molecular complexity index is 557. The van der Waals surface area contributed by atoms with Crippen molar-refractivity contribution in [1.29, 1.82) is 0 Å². The Morgan fingerprint density at radius 2 is 2.13 bits per heavy atom. The van der Waals surface area contributed by atoms with Gasteiger partial charge in [-0.2, -0.15) is 0 Å². The Balaban J connectivity index is 1.71. The second-order valence-corrected chi connectivity index (χ2v) is 6.49. The fourth-order valence-electron chi connectivity index (χ4n) is 3.04. The average Bonchev–Trinajstić information content (AvgIpc) is 3.38. The number of likely N-dealkylation sites (N-methyl/N-ethyl adjacent to an activating group) is 1. The molecule has 1 N–H and O–H groups in total. The van der Waals surface area contributed by atoms with Crippen LogP contribution in [0.3, 0.4) is 0 Å². The molecule has 2 fully saturated rings. The average molecular weight is 338 g/mol. The third kappa shape index (κ3) is 4.16. The van der Waals surface area contributed by atoms with E-state index < -0.39 is 0 Å². The van der Waals surface area contributed by atoms with Gasteiger partial charge in [0.2, 0.25) is 5.91 Å². The number of anilines is 2. The third-order valence-corrected chi connectivity index (χ3v) is 4.71. The number of para-hydroxylation sites is 1. The Labute approximate surface area is 142 Å². The molecule has 1 saturated carbocycles. The molecule has 1 aromatic rings. The van der Waals surface area contributed by atoms with Crippen LogP contribution in [0, 0.1) is 0 Å². The zero-order valence-corrected chi connectivity index (χ0v) is 14.3. The first-order valence-corrected chi connectivity index (χ1v) is 8.72. The van der Waals surface area contributed by atoms with Crippen LogP contribution in [-0.2, 0) is 9.53 Å². The molecular formula is C17H24ClN3O2. The van der Waals surface area contributed by atoms with Crippen LogP contribution in [0.1, 0.15) is 19.8 Å². The minimum Gasteiger partial charge on any atom is -0.378 e. The fraction of sp³-hybridized carbons (Fsp3) is 0.588. The molecule has 0 spiro atoms. The van der Waals surface area contributed by atoms with E-state index in [1.807, 2.05) is 18.2 Å². The van der Waals surface area contributed by atoms with Crippen LogP contribution in [-0.4, -0.2) is 56.2 Å². The summed E-state index contributed by atoms with van der Waals surface area (Å²) in [6.45, 7) is 6.39. The molecule has 0 aromatic heterocycles. The maximum Gasteiger partial charge on any atom is 0.238 e. The molecule has 1 saturated heterocycles. The van der Waals surface area contributed by atoms with Crippen LogP contribution in [0.25, 0.3) is 0 Å². The van der Waals surface area contributed by atoms with Crippen LogP contribution in [0.5, 0.6) is 0 Å². The van der Waals surface area contributed by atoms with Gasteiger partial charge in [0, 0.05) is 19.1 Å². The number of rotatable bonds is 6. The maximum atomic E-state index is 12.4. The van der Waals surface area contributed by atoms with Gasteiger partial charge in [-0.25, -0.2) is 0 Å². The number of nitrogens with one attached hydrogen (secondary N) is 1. The van der Waals surface area contributed by atoms with E-state index in [-0.39, 0.29) is 5.91 Å². The first kappa shape index (κ1) is 16.6. The number of carbonyl (C=O) groups excluding carboxylic acids is 1. The summed E-state index contributed by atoms with van der Waals surface area (Å²) in [6.07, 6.45) is 2.41. The zero-order valence-electron chi connectivity index (χ0n) is 13.6. The molecule has 1 heterocycles. The number of ether oxygens (including phenoxy) is 1. The van der Waals surface area contributed by atoms with Crippen molar-refractivity contribution in [3.8, 4) is 0 Å². The number of hydrogen-bond donors (Lipinski definition) is 1. The predicted octanol–water partition coefficient (Wildman–Crippen LogP) is 2.60. The standard InChI is InChI=1S/C17H24ClN3O2/c1-2-20(13-6-7-13)12-16(22)19-15-5-3-4-14(18)17(15)21-8-10-23-11-9-21/h3-5,13H,2,6-12H2,1H3,(H,19,22). The van der Waals surface area contributed by atoms with Crippen molar-refractivity contribution in [2.75, 3.05) is 49.6 Å². The summed E-state index contributed by atoms with van der Waals surface area (Å²) in [5.41, 5.74) is 1.69. The van der Waals surface area contributed by atoms with Gasteiger partial charge < -0.3 is 15.0 Å². The predicted molar refractivity (Wildman–Crippen MR) is 93.4 cm³/mol.